The zero-order valence-electron chi connectivity index (χ0n) is 10.2. The molecule has 0 aliphatic rings. The van der Waals surface area contributed by atoms with Gasteiger partial charge in [-0.15, -0.1) is 0 Å². The Balaban J connectivity index is 2.21. The SMILES string of the molecule is Cc1ccc(C)c(C(=O)Nc2ccc(Br)nc2)c1. The van der Waals surface area contributed by atoms with Crippen molar-refractivity contribution >= 4 is 27.5 Å². The number of pyridine rings is 1. The molecule has 0 saturated heterocycles. The number of aromatic nitrogens is 1. The maximum atomic E-state index is 12.1. The Labute approximate surface area is 114 Å². The number of nitrogens with one attached hydrogen (secondary N) is 1. The average molecular weight is 305 g/mol. The highest BCUT2D eigenvalue weighted by Gasteiger charge is 2.09. The standard InChI is InChI=1S/C14H13BrN2O/c1-9-3-4-10(2)12(7-9)14(18)17-11-5-6-13(15)16-8-11/h3-8H,1-2H3,(H,17,18). The molecular weight excluding hydrogens is 292 g/mol. The first kappa shape index (κ1) is 12.8. The molecule has 2 rings (SSSR count). The smallest absolute Gasteiger partial charge is 0.255 e. The third-order valence-corrected chi connectivity index (χ3v) is 3.09. The van der Waals surface area contributed by atoms with Gasteiger partial charge < -0.3 is 5.32 Å². The number of aryl methyl sites for hydroxylation is 2. The molecule has 0 atom stereocenters. The van der Waals surface area contributed by atoms with Gasteiger partial charge in [-0.05, 0) is 53.5 Å². The summed E-state index contributed by atoms with van der Waals surface area (Å²) in [6, 6.07) is 9.42. The van der Waals surface area contributed by atoms with E-state index in [4.69, 9.17) is 0 Å². The van der Waals surface area contributed by atoms with Gasteiger partial charge in [-0.3, -0.25) is 4.79 Å². The van der Waals surface area contributed by atoms with Crippen LogP contribution in [0, 0.1) is 13.8 Å². The number of hydrogen-bond donors (Lipinski definition) is 1. The van der Waals surface area contributed by atoms with Crippen molar-refractivity contribution in [3.05, 3.63) is 57.8 Å². The van der Waals surface area contributed by atoms with Crippen LogP contribution in [0.2, 0.25) is 0 Å². The second-order valence-corrected chi connectivity index (χ2v) is 4.95. The van der Waals surface area contributed by atoms with Crippen molar-refractivity contribution in [1.82, 2.24) is 4.98 Å². The monoisotopic (exact) mass is 304 g/mol. The largest absolute Gasteiger partial charge is 0.321 e. The maximum Gasteiger partial charge on any atom is 0.255 e. The molecule has 3 nitrogen and oxygen atoms in total. The number of carbonyl (C=O) groups is 1. The van der Waals surface area contributed by atoms with Crippen LogP contribution in [0.5, 0.6) is 0 Å². The molecule has 1 aromatic carbocycles. The highest BCUT2D eigenvalue weighted by molar-refractivity contribution is 9.10. The Morgan fingerprint density at radius 3 is 2.67 bits per heavy atom. The molecular formula is C14H13BrN2O. The van der Waals surface area contributed by atoms with Gasteiger partial charge in [0.15, 0.2) is 0 Å². The minimum Gasteiger partial charge on any atom is -0.321 e. The topological polar surface area (TPSA) is 42.0 Å². The normalized spacial score (nSPS) is 10.2. The van der Waals surface area contributed by atoms with E-state index in [1.54, 1.807) is 18.3 Å². The molecule has 0 spiro atoms. The van der Waals surface area contributed by atoms with E-state index < -0.39 is 0 Å². The molecule has 0 saturated carbocycles. The minimum atomic E-state index is -0.111. The second-order valence-electron chi connectivity index (χ2n) is 4.14. The number of amides is 1. The first-order valence-corrected chi connectivity index (χ1v) is 6.36. The lowest BCUT2D eigenvalue weighted by Crippen LogP contribution is -2.13. The Morgan fingerprint density at radius 2 is 2.00 bits per heavy atom. The van der Waals surface area contributed by atoms with Crippen LogP contribution in [0.3, 0.4) is 0 Å². The summed E-state index contributed by atoms with van der Waals surface area (Å²) >= 11 is 3.25. The molecule has 1 aromatic heterocycles. The highest BCUT2D eigenvalue weighted by atomic mass is 79.9. The molecule has 0 aliphatic heterocycles. The molecule has 0 unspecified atom stereocenters. The van der Waals surface area contributed by atoms with Gasteiger partial charge in [0, 0.05) is 5.56 Å². The fourth-order valence-electron chi connectivity index (χ4n) is 1.63. The third-order valence-electron chi connectivity index (χ3n) is 2.62. The zero-order chi connectivity index (χ0) is 13.1. The van der Waals surface area contributed by atoms with E-state index >= 15 is 0 Å². The Kier molecular flexibility index (Phi) is 3.77. The molecule has 1 heterocycles. The van der Waals surface area contributed by atoms with Crippen LogP contribution < -0.4 is 5.32 Å². The molecule has 4 heteroatoms. The van der Waals surface area contributed by atoms with Crippen molar-refractivity contribution < 1.29 is 4.79 Å². The molecule has 0 bridgehead atoms. The fourth-order valence-corrected chi connectivity index (χ4v) is 1.86. The Hall–Kier alpha value is -1.68. The first-order valence-electron chi connectivity index (χ1n) is 5.56. The van der Waals surface area contributed by atoms with Gasteiger partial charge in [0.2, 0.25) is 0 Å². The Morgan fingerprint density at radius 1 is 1.22 bits per heavy atom. The van der Waals surface area contributed by atoms with Crippen LogP contribution in [-0.4, -0.2) is 10.9 Å². The second kappa shape index (κ2) is 5.31. The fraction of sp³-hybridized carbons (Fsp3) is 0.143. The molecule has 92 valence electrons. The van der Waals surface area contributed by atoms with Crippen molar-refractivity contribution in [2.24, 2.45) is 0 Å². The third kappa shape index (κ3) is 2.96. The number of carbonyl (C=O) groups excluding carboxylic acids is 1. The van der Waals surface area contributed by atoms with Crippen molar-refractivity contribution in [2.45, 2.75) is 13.8 Å². The van der Waals surface area contributed by atoms with Gasteiger partial charge in [0.1, 0.15) is 4.60 Å². The number of nitrogens with zero attached hydrogens (tertiary/aromatic N) is 1. The van der Waals surface area contributed by atoms with E-state index in [0.717, 1.165) is 15.7 Å². The van der Waals surface area contributed by atoms with Crippen molar-refractivity contribution in [3.63, 3.8) is 0 Å². The van der Waals surface area contributed by atoms with E-state index in [1.165, 1.54) is 0 Å². The number of halogens is 1. The van der Waals surface area contributed by atoms with Crippen molar-refractivity contribution in [3.8, 4) is 0 Å². The summed E-state index contributed by atoms with van der Waals surface area (Å²) < 4.78 is 0.743. The van der Waals surface area contributed by atoms with Gasteiger partial charge in [-0.2, -0.15) is 0 Å². The lowest BCUT2D eigenvalue weighted by molar-refractivity contribution is 0.102. The summed E-state index contributed by atoms with van der Waals surface area (Å²) in [4.78, 5) is 16.2. The quantitative estimate of drug-likeness (QED) is 0.859. The van der Waals surface area contributed by atoms with Gasteiger partial charge in [0.25, 0.3) is 5.91 Å². The summed E-state index contributed by atoms with van der Waals surface area (Å²) in [7, 11) is 0. The van der Waals surface area contributed by atoms with Gasteiger partial charge in [-0.25, -0.2) is 4.98 Å². The van der Waals surface area contributed by atoms with E-state index in [2.05, 4.69) is 26.2 Å². The molecule has 2 aromatic rings. The molecule has 0 radical (unpaired) electrons. The van der Waals surface area contributed by atoms with Crippen LogP contribution in [0.25, 0.3) is 0 Å². The zero-order valence-corrected chi connectivity index (χ0v) is 11.8. The highest BCUT2D eigenvalue weighted by Crippen LogP contribution is 2.15. The van der Waals surface area contributed by atoms with Crippen LogP contribution in [0.1, 0.15) is 21.5 Å². The molecule has 1 N–H and O–H groups in total. The molecule has 0 aliphatic carbocycles. The van der Waals surface area contributed by atoms with Crippen molar-refractivity contribution in [2.75, 3.05) is 5.32 Å². The number of hydrogen-bond acceptors (Lipinski definition) is 2. The van der Waals surface area contributed by atoms with Crippen LogP contribution in [0.4, 0.5) is 5.69 Å². The Bertz CT molecular complexity index is 579. The number of benzene rings is 1. The van der Waals surface area contributed by atoms with E-state index in [0.29, 0.717) is 11.3 Å². The average Bonchev–Trinajstić information content (AvgIpc) is 2.35. The maximum absolute atomic E-state index is 12.1. The lowest BCUT2D eigenvalue weighted by Gasteiger charge is -2.08. The summed E-state index contributed by atoms with van der Waals surface area (Å²) in [6.45, 7) is 3.89. The predicted molar refractivity (Wildman–Crippen MR) is 75.8 cm³/mol. The molecule has 1 amide bonds. The number of anilines is 1. The molecule has 18 heavy (non-hydrogen) atoms. The summed E-state index contributed by atoms with van der Waals surface area (Å²) in [6.07, 6.45) is 1.62. The van der Waals surface area contributed by atoms with Gasteiger partial charge >= 0.3 is 0 Å². The van der Waals surface area contributed by atoms with E-state index in [-0.39, 0.29) is 5.91 Å². The lowest BCUT2D eigenvalue weighted by atomic mass is 10.1. The van der Waals surface area contributed by atoms with E-state index in [1.807, 2.05) is 32.0 Å². The van der Waals surface area contributed by atoms with Gasteiger partial charge in [-0.1, -0.05) is 17.7 Å². The summed E-state index contributed by atoms with van der Waals surface area (Å²) in [5.41, 5.74) is 3.41. The predicted octanol–water partition coefficient (Wildman–Crippen LogP) is 3.71. The minimum absolute atomic E-state index is 0.111. The first-order chi connectivity index (χ1) is 8.56. The summed E-state index contributed by atoms with van der Waals surface area (Å²) in [5, 5.41) is 2.83. The van der Waals surface area contributed by atoms with Gasteiger partial charge in [0.05, 0.1) is 11.9 Å². The van der Waals surface area contributed by atoms with E-state index in [9.17, 15) is 4.79 Å². The van der Waals surface area contributed by atoms with Crippen LogP contribution in [0.15, 0.2) is 41.1 Å². The van der Waals surface area contributed by atoms with Crippen LogP contribution >= 0.6 is 15.9 Å². The number of rotatable bonds is 2. The van der Waals surface area contributed by atoms with Crippen molar-refractivity contribution in [1.29, 1.82) is 0 Å². The summed E-state index contributed by atoms with van der Waals surface area (Å²) in [5.74, 6) is -0.111. The molecule has 0 fully saturated rings. The van der Waals surface area contributed by atoms with Crippen LogP contribution in [-0.2, 0) is 0 Å².